The van der Waals surface area contributed by atoms with Gasteiger partial charge < -0.3 is 15.4 Å². The fraction of sp³-hybridized carbons (Fsp3) is 0. The van der Waals surface area contributed by atoms with Gasteiger partial charge in [-0.15, -0.1) is 0 Å². The average molecular weight is 633 g/mol. The molecule has 3 aromatic heterocycles. The summed E-state index contributed by atoms with van der Waals surface area (Å²) in [5.74, 6) is 0. The summed E-state index contributed by atoms with van der Waals surface area (Å²) in [4.78, 5) is 18.3. The van der Waals surface area contributed by atoms with Crippen molar-refractivity contribution in [3.63, 3.8) is 0 Å². The highest BCUT2D eigenvalue weighted by atomic mass is 16.0. The molecule has 0 amide bonds. The zero-order valence-corrected chi connectivity index (χ0v) is 26.6. The van der Waals surface area contributed by atoms with Crippen molar-refractivity contribution in [3.05, 3.63) is 168 Å². The summed E-state index contributed by atoms with van der Waals surface area (Å²) < 4.78 is 0. The molecule has 0 unspecified atom stereocenters. The molecule has 49 heavy (non-hydrogen) atoms. The van der Waals surface area contributed by atoms with E-state index in [4.69, 9.17) is 9.97 Å². The number of benzene rings is 4. The maximum atomic E-state index is 5.35. The molecule has 8 bridgehead atoms. The summed E-state index contributed by atoms with van der Waals surface area (Å²) in [6.07, 6.45) is 8.54. The van der Waals surface area contributed by atoms with E-state index in [1.807, 2.05) is 24.3 Å². The van der Waals surface area contributed by atoms with Crippen molar-refractivity contribution in [1.29, 1.82) is 0 Å². The van der Waals surface area contributed by atoms with Crippen LogP contribution in [0.25, 0.3) is 90.9 Å². The van der Waals surface area contributed by atoms with Crippen molar-refractivity contribution >= 4 is 46.4 Å². The molecule has 0 aliphatic carbocycles. The summed E-state index contributed by atoms with van der Waals surface area (Å²) in [5.41, 5.74) is 16.2. The first-order valence-electron chi connectivity index (χ1n) is 16.2. The van der Waals surface area contributed by atoms with Gasteiger partial charge in [0, 0.05) is 44.3 Å². The normalized spacial score (nSPS) is 11.8. The molecule has 0 spiro atoms. The highest BCUT2D eigenvalue weighted by Crippen LogP contribution is 2.38. The Morgan fingerprint density at radius 2 is 0.510 bits per heavy atom. The topological polar surface area (TPSA) is 88.9 Å². The lowest BCUT2D eigenvalue weighted by Gasteiger charge is -2.07. The van der Waals surface area contributed by atoms with Crippen LogP contribution in [0, 0.1) is 0 Å². The Morgan fingerprint density at radius 1 is 0.286 bits per heavy atom. The van der Waals surface area contributed by atoms with Gasteiger partial charge >= 0.3 is 0 Å². The summed E-state index contributed by atoms with van der Waals surface area (Å²) in [6, 6.07) is 50.7. The smallest absolute Gasteiger partial charge is 0.0737 e. The second-order valence-electron chi connectivity index (χ2n) is 12.0. The van der Waals surface area contributed by atoms with E-state index < -0.39 is 0 Å². The Kier molecular flexibility index (Phi) is 7.65. The van der Waals surface area contributed by atoms with Crippen molar-refractivity contribution in [3.8, 4) is 44.5 Å². The SMILES string of the molecule is C1=Cc2nc1c(-c1ccccc1)c1ccc([nH]1)c(-c1ccccc1)c1nc(c(-c3ccccc3)c3ccc([nH]3)c2-c2ccccc2)C=C1.O. The van der Waals surface area contributed by atoms with Gasteiger partial charge in [-0.2, -0.15) is 0 Å². The van der Waals surface area contributed by atoms with Crippen molar-refractivity contribution < 1.29 is 5.48 Å². The third-order valence-electron chi connectivity index (χ3n) is 9.00. The number of fused-ring (bicyclic) bond motifs is 8. The second-order valence-corrected chi connectivity index (χ2v) is 12.0. The van der Waals surface area contributed by atoms with E-state index in [0.29, 0.717) is 0 Å². The van der Waals surface area contributed by atoms with Gasteiger partial charge in [0.15, 0.2) is 0 Å². The predicted molar refractivity (Wildman–Crippen MR) is 204 cm³/mol. The largest absolute Gasteiger partial charge is 0.412 e. The molecule has 9 rings (SSSR count). The number of hydrogen-bond donors (Lipinski definition) is 2. The van der Waals surface area contributed by atoms with Crippen LogP contribution in [0.5, 0.6) is 0 Å². The predicted octanol–water partition coefficient (Wildman–Crippen LogP) is 10.5. The minimum Gasteiger partial charge on any atom is -0.412 e. The number of nitrogens with one attached hydrogen (secondary N) is 2. The molecule has 0 atom stereocenters. The van der Waals surface area contributed by atoms with E-state index in [1.54, 1.807) is 0 Å². The molecular weight excluding hydrogens is 601 g/mol. The van der Waals surface area contributed by atoms with Gasteiger partial charge in [-0.25, -0.2) is 9.97 Å². The zero-order valence-electron chi connectivity index (χ0n) is 26.6. The van der Waals surface area contributed by atoms with Gasteiger partial charge in [0.2, 0.25) is 0 Å². The highest BCUT2D eigenvalue weighted by Gasteiger charge is 2.18. The summed E-state index contributed by atoms with van der Waals surface area (Å²) in [6.45, 7) is 0. The van der Waals surface area contributed by atoms with Gasteiger partial charge in [0.1, 0.15) is 0 Å². The Hall–Kier alpha value is -6.56. The Morgan fingerprint density at radius 3 is 0.735 bits per heavy atom. The minimum absolute atomic E-state index is 0. The molecule has 5 nitrogen and oxygen atoms in total. The Bertz CT molecular complexity index is 2180. The maximum Gasteiger partial charge on any atom is 0.0737 e. The zero-order chi connectivity index (χ0) is 31.9. The van der Waals surface area contributed by atoms with Crippen LogP contribution in [0.1, 0.15) is 22.8 Å². The summed E-state index contributed by atoms with van der Waals surface area (Å²) in [5, 5.41) is 0. The lowest BCUT2D eigenvalue weighted by Crippen LogP contribution is -1.89. The van der Waals surface area contributed by atoms with Gasteiger partial charge in [0.25, 0.3) is 0 Å². The maximum absolute atomic E-state index is 5.35. The van der Waals surface area contributed by atoms with Crippen molar-refractivity contribution in [2.75, 3.05) is 0 Å². The molecule has 7 aromatic rings. The van der Waals surface area contributed by atoms with Crippen LogP contribution in [0.3, 0.4) is 0 Å². The van der Waals surface area contributed by atoms with Crippen LogP contribution in [0.2, 0.25) is 0 Å². The molecule has 2 aliphatic rings. The Labute approximate surface area is 284 Å². The molecule has 4 N–H and O–H groups in total. The molecule has 5 heteroatoms. The number of hydrogen-bond acceptors (Lipinski definition) is 2. The third-order valence-corrected chi connectivity index (χ3v) is 9.00. The standard InChI is InChI=1S/C44H30N4.H2O/c1-5-13-29(14-6-1)41-33-21-23-35(45-33)42(30-15-7-2-8-16-30)37-25-27-39(47-37)44(32-19-11-4-12-20-32)40-28-26-38(48-40)43(31-17-9-3-10-18-31)36-24-22-34(41)46-36;/h1-28,45,48H;1H2. The van der Waals surface area contributed by atoms with Gasteiger partial charge in [-0.3, -0.25) is 0 Å². The second kappa shape index (κ2) is 12.6. The number of aromatic amines is 2. The van der Waals surface area contributed by atoms with Gasteiger partial charge in [0.05, 0.1) is 22.8 Å². The van der Waals surface area contributed by atoms with E-state index in [2.05, 4.69) is 156 Å². The van der Waals surface area contributed by atoms with Gasteiger partial charge in [-0.05, 0) is 70.8 Å². The van der Waals surface area contributed by atoms with Crippen molar-refractivity contribution in [2.45, 2.75) is 0 Å². The summed E-state index contributed by atoms with van der Waals surface area (Å²) >= 11 is 0. The molecule has 0 saturated carbocycles. The number of aromatic nitrogens is 4. The van der Waals surface area contributed by atoms with E-state index in [1.165, 1.54) is 0 Å². The van der Waals surface area contributed by atoms with Crippen LogP contribution >= 0.6 is 0 Å². The van der Waals surface area contributed by atoms with Crippen LogP contribution in [0.4, 0.5) is 0 Å². The highest BCUT2D eigenvalue weighted by molar-refractivity contribution is 5.99. The lowest BCUT2D eigenvalue weighted by atomic mass is 10.0. The van der Waals surface area contributed by atoms with E-state index >= 15 is 0 Å². The van der Waals surface area contributed by atoms with Crippen molar-refractivity contribution in [2.24, 2.45) is 0 Å². The number of rotatable bonds is 4. The van der Waals surface area contributed by atoms with Crippen LogP contribution in [-0.4, -0.2) is 25.4 Å². The first kappa shape index (κ1) is 29.8. The quantitative estimate of drug-likeness (QED) is 0.202. The fourth-order valence-corrected chi connectivity index (χ4v) is 6.84. The molecule has 5 heterocycles. The Balaban J connectivity index is 0.00000348. The van der Waals surface area contributed by atoms with Crippen LogP contribution < -0.4 is 0 Å². The molecule has 4 aromatic carbocycles. The monoisotopic (exact) mass is 632 g/mol. The first-order valence-corrected chi connectivity index (χ1v) is 16.2. The van der Waals surface area contributed by atoms with Crippen molar-refractivity contribution in [1.82, 2.24) is 19.9 Å². The van der Waals surface area contributed by atoms with E-state index in [-0.39, 0.29) is 5.48 Å². The number of H-pyrrole nitrogens is 2. The molecule has 234 valence electrons. The molecular formula is C44H32N4O. The minimum atomic E-state index is 0. The average Bonchev–Trinajstić information content (AvgIpc) is 3.98. The van der Waals surface area contributed by atoms with Gasteiger partial charge in [-0.1, -0.05) is 121 Å². The fourth-order valence-electron chi connectivity index (χ4n) is 6.84. The number of nitrogens with zero attached hydrogens (tertiary/aromatic N) is 2. The van der Waals surface area contributed by atoms with E-state index in [0.717, 1.165) is 89.4 Å². The first-order chi connectivity index (χ1) is 23.8. The van der Waals surface area contributed by atoms with E-state index in [9.17, 15) is 0 Å². The molecule has 0 fully saturated rings. The molecule has 0 saturated heterocycles. The van der Waals surface area contributed by atoms with Crippen LogP contribution in [0.15, 0.2) is 146 Å². The summed E-state index contributed by atoms with van der Waals surface area (Å²) in [7, 11) is 0. The third kappa shape index (κ3) is 5.38. The molecule has 0 radical (unpaired) electrons. The van der Waals surface area contributed by atoms with Crippen LogP contribution in [-0.2, 0) is 0 Å². The lowest BCUT2D eigenvalue weighted by molar-refractivity contribution is 0.824. The molecule has 2 aliphatic heterocycles.